The van der Waals surface area contributed by atoms with Crippen molar-refractivity contribution >= 4 is 0 Å². The average Bonchev–Trinajstić information content (AvgIpc) is 3.00. The van der Waals surface area contributed by atoms with Crippen molar-refractivity contribution in [2.75, 3.05) is 0 Å². The first-order chi connectivity index (χ1) is 15.3. The standard InChI is InChI=1S/C27H46O6/c1-14(16(3)28)6-7-15(2)17-12-19(30)24-25(17,4)11-9-21-26(5)10-8-18(29)23(32)22(26)20(31)13-27(21,24)33/h6-7,14-24,28-33H,8-13H2,1-5H3/b7-6+/t14-,15+,16-,17-,18+,19-,20+,21-,22+,23+,24-,25-,26-,27+/m1/s1. The van der Waals surface area contributed by atoms with Gasteiger partial charge in [-0.05, 0) is 73.5 Å². The Balaban J connectivity index is 1.65. The molecule has 6 N–H and O–H groups in total. The SMILES string of the molecule is C[C@H](/C=C/[C@H](C)[C@H]1C[C@@H](O)[C@@H]2[C@]1(C)CC[C@@H]1[C@@]3(C)CC[C@H](O)[C@H](O)[C@@H]3[C@@H](O)C[C@]12O)[C@@H](C)O. The van der Waals surface area contributed by atoms with Gasteiger partial charge in [-0.2, -0.15) is 0 Å². The van der Waals surface area contributed by atoms with Crippen LogP contribution in [0.1, 0.15) is 73.1 Å². The van der Waals surface area contributed by atoms with Crippen molar-refractivity contribution in [1.82, 2.24) is 0 Å². The molecule has 6 heteroatoms. The summed E-state index contributed by atoms with van der Waals surface area (Å²) in [7, 11) is 0. The molecule has 0 amide bonds. The Labute approximate surface area is 198 Å². The van der Waals surface area contributed by atoms with Gasteiger partial charge in [-0.3, -0.25) is 0 Å². The van der Waals surface area contributed by atoms with Gasteiger partial charge >= 0.3 is 0 Å². The highest BCUT2D eigenvalue weighted by atomic mass is 16.3. The fourth-order valence-electron chi connectivity index (χ4n) is 9.09. The fraction of sp³-hybridized carbons (Fsp3) is 0.926. The summed E-state index contributed by atoms with van der Waals surface area (Å²) in [6.07, 6.45) is 3.94. The zero-order valence-corrected chi connectivity index (χ0v) is 20.9. The van der Waals surface area contributed by atoms with Crippen LogP contribution >= 0.6 is 0 Å². The van der Waals surface area contributed by atoms with E-state index in [2.05, 4.69) is 32.9 Å². The third kappa shape index (κ3) is 3.75. The van der Waals surface area contributed by atoms with E-state index in [0.29, 0.717) is 19.3 Å². The summed E-state index contributed by atoms with van der Waals surface area (Å²) >= 11 is 0. The summed E-state index contributed by atoms with van der Waals surface area (Å²) in [5.41, 5.74) is -1.95. The van der Waals surface area contributed by atoms with Crippen molar-refractivity contribution in [3.8, 4) is 0 Å². The van der Waals surface area contributed by atoms with Gasteiger partial charge in [-0.25, -0.2) is 0 Å². The van der Waals surface area contributed by atoms with Crippen LogP contribution < -0.4 is 0 Å². The highest BCUT2D eigenvalue weighted by molar-refractivity contribution is 5.21. The lowest BCUT2D eigenvalue weighted by molar-refractivity contribution is -0.280. The minimum atomic E-state index is -1.20. The van der Waals surface area contributed by atoms with E-state index in [1.54, 1.807) is 6.92 Å². The minimum Gasteiger partial charge on any atom is -0.393 e. The lowest BCUT2D eigenvalue weighted by atomic mass is 9.41. The van der Waals surface area contributed by atoms with E-state index in [0.717, 1.165) is 12.8 Å². The number of fused-ring (bicyclic) bond motifs is 5. The van der Waals surface area contributed by atoms with Gasteiger partial charge in [-0.1, -0.05) is 39.8 Å². The van der Waals surface area contributed by atoms with Gasteiger partial charge in [0.05, 0.1) is 36.1 Å². The second-order valence-electron chi connectivity index (χ2n) is 12.7. The van der Waals surface area contributed by atoms with E-state index in [-0.39, 0.29) is 41.4 Å². The van der Waals surface area contributed by atoms with Gasteiger partial charge in [0.2, 0.25) is 0 Å². The number of aliphatic hydroxyl groups excluding tert-OH is 5. The predicted molar refractivity (Wildman–Crippen MR) is 126 cm³/mol. The van der Waals surface area contributed by atoms with Crippen molar-refractivity contribution in [2.45, 2.75) is 109 Å². The third-order valence-electron chi connectivity index (χ3n) is 10.9. The molecule has 33 heavy (non-hydrogen) atoms. The Bertz CT molecular complexity index is 755. The van der Waals surface area contributed by atoms with Gasteiger partial charge in [-0.15, -0.1) is 0 Å². The molecular weight excluding hydrogens is 420 g/mol. The molecule has 0 saturated heterocycles. The van der Waals surface area contributed by atoms with Crippen LogP contribution in [-0.2, 0) is 0 Å². The van der Waals surface area contributed by atoms with Gasteiger partial charge < -0.3 is 30.6 Å². The van der Waals surface area contributed by atoms with Crippen molar-refractivity contribution in [3.63, 3.8) is 0 Å². The quantitative estimate of drug-likeness (QED) is 0.354. The molecule has 14 atom stereocenters. The first-order valence-corrected chi connectivity index (χ1v) is 13.1. The molecule has 0 spiro atoms. The molecule has 0 aromatic rings. The van der Waals surface area contributed by atoms with Gasteiger partial charge in [0, 0.05) is 18.3 Å². The van der Waals surface area contributed by atoms with Crippen molar-refractivity contribution in [2.24, 2.45) is 46.3 Å². The maximum Gasteiger partial charge on any atom is 0.0857 e. The van der Waals surface area contributed by atoms with Crippen LogP contribution in [0.4, 0.5) is 0 Å². The number of allylic oxidation sites excluding steroid dienone is 1. The summed E-state index contributed by atoms with van der Waals surface area (Å²) < 4.78 is 0. The average molecular weight is 467 g/mol. The summed E-state index contributed by atoms with van der Waals surface area (Å²) in [6.45, 7) is 10.2. The maximum absolute atomic E-state index is 12.3. The molecule has 4 rings (SSSR count). The minimum absolute atomic E-state index is 0.0563. The van der Waals surface area contributed by atoms with E-state index in [4.69, 9.17) is 0 Å². The molecule has 0 unspecified atom stereocenters. The number of aliphatic hydroxyl groups is 6. The molecule has 4 aliphatic rings. The van der Waals surface area contributed by atoms with E-state index < -0.39 is 47.5 Å². The predicted octanol–water partition coefficient (Wildman–Crippen LogP) is 2.24. The van der Waals surface area contributed by atoms with Crippen LogP contribution in [0, 0.1) is 46.3 Å². The zero-order valence-electron chi connectivity index (χ0n) is 20.9. The summed E-state index contributed by atoms with van der Waals surface area (Å²) in [6, 6.07) is 0. The Morgan fingerprint density at radius 2 is 1.48 bits per heavy atom. The summed E-state index contributed by atoms with van der Waals surface area (Å²) in [5, 5.41) is 65.7. The van der Waals surface area contributed by atoms with Crippen LogP contribution in [0.3, 0.4) is 0 Å². The lowest BCUT2D eigenvalue weighted by Crippen LogP contribution is -2.70. The van der Waals surface area contributed by atoms with Crippen LogP contribution in [-0.4, -0.2) is 66.8 Å². The maximum atomic E-state index is 12.3. The third-order valence-corrected chi connectivity index (χ3v) is 10.9. The van der Waals surface area contributed by atoms with Crippen molar-refractivity contribution in [1.29, 1.82) is 0 Å². The summed E-state index contributed by atoms with van der Waals surface area (Å²) in [4.78, 5) is 0. The van der Waals surface area contributed by atoms with Crippen LogP contribution in [0.25, 0.3) is 0 Å². The molecular formula is C27H46O6. The first-order valence-electron chi connectivity index (χ1n) is 13.1. The topological polar surface area (TPSA) is 121 Å². The Kier molecular flexibility index (Phi) is 6.64. The van der Waals surface area contributed by atoms with Crippen LogP contribution in [0.15, 0.2) is 12.2 Å². The monoisotopic (exact) mass is 466 g/mol. The molecule has 6 nitrogen and oxygen atoms in total. The van der Waals surface area contributed by atoms with Crippen LogP contribution in [0.5, 0.6) is 0 Å². The van der Waals surface area contributed by atoms with Crippen molar-refractivity contribution in [3.05, 3.63) is 12.2 Å². The van der Waals surface area contributed by atoms with E-state index >= 15 is 0 Å². The normalized spacial score (nSPS) is 54.9. The Morgan fingerprint density at radius 3 is 2.12 bits per heavy atom. The molecule has 0 aromatic heterocycles. The Hall–Kier alpha value is -0.500. The molecule has 0 aromatic carbocycles. The fourth-order valence-corrected chi connectivity index (χ4v) is 9.09. The zero-order chi connectivity index (χ0) is 24.5. The lowest BCUT2D eigenvalue weighted by Gasteiger charge is -2.66. The largest absolute Gasteiger partial charge is 0.393 e. The molecule has 190 valence electrons. The second-order valence-corrected chi connectivity index (χ2v) is 12.7. The molecule has 4 fully saturated rings. The summed E-state index contributed by atoms with van der Waals surface area (Å²) in [5.74, 6) is -0.487. The van der Waals surface area contributed by atoms with Crippen molar-refractivity contribution < 1.29 is 30.6 Å². The van der Waals surface area contributed by atoms with E-state index in [9.17, 15) is 30.6 Å². The van der Waals surface area contributed by atoms with E-state index in [1.165, 1.54) is 0 Å². The van der Waals surface area contributed by atoms with Gasteiger partial charge in [0.1, 0.15) is 0 Å². The Morgan fingerprint density at radius 1 is 0.848 bits per heavy atom. The number of rotatable bonds is 4. The highest BCUT2D eigenvalue weighted by Crippen LogP contribution is 2.69. The smallest absolute Gasteiger partial charge is 0.0857 e. The molecule has 0 bridgehead atoms. The first kappa shape index (κ1) is 25.6. The number of hydrogen-bond acceptors (Lipinski definition) is 6. The molecule has 0 aliphatic heterocycles. The van der Waals surface area contributed by atoms with Gasteiger partial charge in [0.15, 0.2) is 0 Å². The molecule has 4 aliphatic carbocycles. The highest BCUT2D eigenvalue weighted by Gasteiger charge is 2.71. The number of hydrogen-bond donors (Lipinski definition) is 6. The molecule has 0 heterocycles. The molecule has 0 radical (unpaired) electrons. The molecule has 4 saturated carbocycles. The van der Waals surface area contributed by atoms with Gasteiger partial charge in [0.25, 0.3) is 0 Å². The second kappa shape index (κ2) is 8.56. The van der Waals surface area contributed by atoms with E-state index in [1.807, 2.05) is 6.92 Å². The van der Waals surface area contributed by atoms with Crippen LogP contribution in [0.2, 0.25) is 0 Å².